The average Bonchev–Trinajstić information content (AvgIpc) is 3.08. The number of pyridine rings is 1. The molecule has 0 aliphatic carbocycles. The second-order valence-corrected chi connectivity index (χ2v) is 13.6. The number of para-hydroxylation sites is 1. The summed E-state index contributed by atoms with van der Waals surface area (Å²) in [6.45, 7) is 3.78. The number of carbonyl (C=O) groups is 3. The summed E-state index contributed by atoms with van der Waals surface area (Å²) in [5.74, 6) is -1.71. The highest BCUT2D eigenvalue weighted by molar-refractivity contribution is 7.89. The molecular weight excluding hydrogens is 618 g/mol. The van der Waals surface area contributed by atoms with Crippen molar-refractivity contribution in [1.29, 1.82) is 0 Å². The first-order valence-corrected chi connectivity index (χ1v) is 16.9. The lowest BCUT2D eigenvalue weighted by atomic mass is 10.00. The predicted molar refractivity (Wildman–Crippen MR) is 180 cm³/mol. The van der Waals surface area contributed by atoms with Crippen LogP contribution in [0.3, 0.4) is 0 Å². The second-order valence-electron chi connectivity index (χ2n) is 11.6. The zero-order valence-corrected chi connectivity index (χ0v) is 27.5. The molecule has 47 heavy (non-hydrogen) atoms. The maximum atomic E-state index is 13.8. The molecule has 12 heteroatoms. The number of aliphatic hydroxyl groups excluding tert-OH is 1. The largest absolute Gasteiger partial charge is 0.389 e. The van der Waals surface area contributed by atoms with Gasteiger partial charge >= 0.3 is 0 Å². The van der Waals surface area contributed by atoms with E-state index in [2.05, 4.69) is 20.9 Å². The van der Waals surface area contributed by atoms with Crippen molar-refractivity contribution in [3.63, 3.8) is 0 Å². The van der Waals surface area contributed by atoms with Crippen molar-refractivity contribution < 1.29 is 27.9 Å². The van der Waals surface area contributed by atoms with Gasteiger partial charge < -0.3 is 21.1 Å². The summed E-state index contributed by atoms with van der Waals surface area (Å²) in [5, 5.41) is 20.3. The van der Waals surface area contributed by atoms with Crippen molar-refractivity contribution in [2.75, 3.05) is 20.1 Å². The van der Waals surface area contributed by atoms with Gasteiger partial charge in [0.2, 0.25) is 21.8 Å². The average molecular weight is 660 g/mol. The smallest absolute Gasteiger partial charge is 0.270 e. The molecule has 3 atom stereocenters. The monoisotopic (exact) mass is 659 g/mol. The highest BCUT2D eigenvalue weighted by Crippen LogP contribution is 2.23. The van der Waals surface area contributed by atoms with Gasteiger partial charge in [0.1, 0.15) is 11.7 Å². The molecule has 0 saturated carbocycles. The normalized spacial score (nSPS) is 13.6. The Kier molecular flexibility index (Phi) is 12.2. The second kappa shape index (κ2) is 16.3. The number of carbonyl (C=O) groups excluding carboxylic acids is 3. The van der Waals surface area contributed by atoms with Crippen LogP contribution in [0.2, 0.25) is 0 Å². The fourth-order valence-corrected chi connectivity index (χ4v) is 6.50. The van der Waals surface area contributed by atoms with Crippen LogP contribution in [0.15, 0.2) is 102 Å². The number of nitrogens with zero attached hydrogens (tertiary/aromatic N) is 2. The van der Waals surface area contributed by atoms with Gasteiger partial charge in [-0.3, -0.25) is 14.4 Å². The van der Waals surface area contributed by atoms with E-state index < -0.39 is 45.9 Å². The van der Waals surface area contributed by atoms with Gasteiger partial charge in [0, 0.05) is 25.5 Å². The van der Waals surface area contributed by atoms with Crippen LogP contribution in [0.1, 0.15) is 48.8 Å². The maximum absolute atomic E-state index is 13.8. The molecule has 4 N–H and O–H groups in total. The van der Waals surface area contributed by atoms with E-state index in [0.717, 1.165) is 5.39 Å². The lowest BCUT2D eigenvalue weighted by Crippen LogP contribution is -2.52. The molecule has 0 fully saturated rings. The van der Waals surface area contributed by atoms with Crippen LogP contribution in [-0.2, 0) is 19.6 Å². The van der Waals surface area contributed by atoms with Gasteiger partial charge in [0.05, 0.1) is 29.0 Å². The van der Waals surface area contributed by atoms with E-state index in [1.807, 2.05) is 26.0 Å². The standard InChI is InChI=1S/C35H41N5O6S/c1-24(2)20-21-40(47(45,46)27-15-8-5-9-16-27)23-31(41)33(26-13-6-4-7-14-26)39-35(44)30(22-32(42)36-3)38-34(43)29-19-18-25-12-10-11-17-28(25)37-29/h4-19,24,30-31,33,41H,20-23H2,1-3H3,(H,36,42)(H,38,43)(H,39,44)/t30?,31-,33?/m1/s1. The molecule has 2 unspecified atom stereocenters. The van der Waals surface area contributed by atoms with Gasteiger partial charge in [-0.25, -0.2) is 13.4 Å². The van der Waals surface area contributed by atoms with Crippen molar-refractivity contribution in [3.8, 4) is 0 Å². The molecule has 4 aromatic rings. The third-order valence-corrected chi connectivity index (χ3v) is 9.57. The van der Waals surface area contributed by atoms with Crippen molar-refractivity contribution in [2.45, 2.75) is 49.8 Å². The van der Waals surface area contributed by atoms with Crippen LogP contribution < -0.4 is 16.0 Å². The van der Waals surface area contributed by atoms with Crippen LogP contribution in [0, 0.1) is 5.92 Å². The summed E-state index contributed by atoms with van der Waals surface area (Å²) in [6, 6.07) is 24.7. The summed E-state index contributed by atoms with van der Waals surface area (Å²) < 4.78 is 28.6. The van der Waals surface area contributed by atoms with E-state index in [1.165, 1.54) is 29.6 Å². The van der Waals surface area contributed by atoms with E-state index in [4.69, 9.17) is 0 Å². The third-order valence-electron chi connectivity index (χ3n) is 7.69. The number of hydrogen-bond donors (Lipinski definition) is 4. The lowest BCUT2D eigenvalue weighted by Gasteiger charge is -2.31. The van der Waals surface area contributed by atoms with Crippen LogP contribution in [0.25, 0.3) is 10.9 Å². The molecule has 248 valence electrons. The molecule has 0 radical (unpaired) electrons. The Morgan fingerprint density at radius 2 is 1.49 bits per heavy atom. The molecule has 1 heterocycles. The van der Waals surface area contributed by atoms with Gasteiger partial charge in [-0.15, -0.1) is 0 Å². The number of hydrogen-bond acceptors (Lipinski definition) is 7. The van der Waals surface area contributed by atoms with E-state index in [9.17, 15) is 27.9 Å². The SMILES string of the molecule is CNC(=O)CC(NC(=O)c1ccc2ccccc2n1)C(=O)NC(c1ccccc1)[C@H](O)CN(CCC(C)C)S(=O)(=O)c1ccccc1. The zero-order valence-electron chi connectivity index (χ0n) is 26.7. The number of fused-ring (bicyclic) bond motifs is 1. The Morgan fingerprint density at radius 1 is 0.851 bits per heavy atom. The predicted octanol–water partition coefficient (Wildman–Crippen LogP) is 3.42. The number of benzene rings is 3. The number of rotatable bonds is 15. The van der Waals surface area contributed by atoms with Crippen LogP contribution in [0.5, 0.6) is 0 Å². The third kappa shape index (κ3) is 9.44. The number of nitrogens with one attached hydrogen (secondary N) is 3. The molecule has 11 nitrogen and oxygen atoms in total. The molecule has 3 amide bonds. The Labute approximate surface area is 275 Å². The van der Waals surface area contributed by atoms with E-state index >= 15 is 0 Å². The highest BCUT2D eigenvalue weighted by atomic mass is 32.2. The quantitative estimate of drug-likeness (QED) is 0.152. The van der Waals surface area contributed by atoms with Gasteiger partial charge in [0.15, 0.2) is 0 Å². The van der Waals surface area contributed by atoms with Crippen LogP contribution >= 0.6 is 0 Å². The highest BCUT2D eigenvalue weighted by Gasteiger charge is 2.33. The topological polar surface area (TPSA) is 158 Å². The number of sulfonamides is 1. The summed E-state index contributed by atoms with van der Waals surface area (Å²) in [7, 11) is -2.57. The van der Waals surface area contributed by atoms with Crippen LogP contribution in [0.4, 0.5) is 0 Å². The molecule has 0 spiro atoms. The first-order chi connectivity index (χ1) is 22.5. The minimum Gasteiger partial charge on any atom is -0.389 e. The minimum absolute atomic E-state index is 0.0602. The Bertz CT molecular complexity index is 1770. The molecule has 0 aliphatic rings. The number of aromatic nitrogens is 1. The molecule has 0 aliphatic heterocycles. The Hall–Kier alpha value is -4.65. The molecule has 3 aromatic carbocycles. The van der Waals surface area contributed by atoms with E-state index in [1.54, 1.807) is 66.7 Å². The first-order valence-electron chi connectivity index (χ1n) is 15.5. The minimum atomic E-state index is -3.99. The van der Waals surface area contributed by atoms with Crippen LogP contribution in [-0.4, -0.2) is 72.8 Å². The van der Waals surface area contributed by atoms with E-state index in [-0.39, 0.29) is 36.0 Å². The molecular formula is C35H41N5O6S. The fraction of sp³-hybridized carbons (Fsp3) is 0.314. The molecule has 0 bridgehead atoms. The molecule has 0 saturated heterocycles. The Balaban J connectivity index is 1.61. The fourth-order valence-electron chi connectivity index (χ4n) is 5.00. The van der Waals surface area contributed by atoms with Crippen molar-refractivity contribution >= 4 is 38.6 Å². The van der Waals surface area contributed by atoms with Gasteiger partial charge in [-0.1, -0.05) is 86.6 Å². The van der Waals surface area contributed by atoms with Gasteiger partial charge in [-0.05, 0) is 42.2 Å². The van der Waals surface area contributed by atoms with Gasteiger partial charge in [0.25, 0.3) is 5.91 Å². The molecule has 4 rings (SSSR count). The lowest BCUT2D eigenvalue weighted by molar-refractivity contribution is -0.129. The number of aliphatic hydroxyl groups is 1. The van der Waals surface area contributed by atoms with Crippen molar-refractivity contribution in [2.24, 2.45) is 5.92 Å². The first kappa shape index (κ1) is 35.2. The summed E-state index contributed by atoms with van der Waals surface area (Å²) in [4.78, 5) is 44.0. The van der Waals surface area contributed by atoms with Crippen molar-refractivity contribution in [1.82, 2.24) is 25.2 Å². The zero-order chi connectivity index (χ0) is 34.0. The summed E-state index contributed by atoms with van der Waals surface area (Å²) >= 11 is 0. The van der Waals surface area contributed by atoms with Crippen molar-refractivity contribution in [3.05, 3.63) is 108 Å². The Morgan fingerprint density at radius 3 is 2.15 bits per heavy atom. The van der Waals surface area contributed by atoms with E-state index in [0.29, 0.717) is 17.5 Å². The van der Waals surface area contributed by atoms with Gasteiger partial charge in [-0.2, -0.15) is 4.31 Å². The summed E-state index contributed by atoms with van der Waals surface area (Å²) in [6.07, 6.45) is -1.24. The molecule has 1 aromatic heterocycles. The maximum Gasteiger partial charge on any atom is 0.270 e. The summed E-state index contributed by atoms with van der Waals surface area (Å²) in [5.41, 5.74) is 1.16. The number of amides is 3.